The highest BCUT2D eigenvalue weighted by Gasteiger charge is 2.19. The molecule has 0 N–H and O–H groups in total. The molecule has 0 fully saturated rings. The number of fused-ring (bicyclic) bond motifs is 1. The zero-order valence-corrected chi connectivity index (χ0v) is 18.9. The Morgan fingerprint density at radius 3 is 2.11 bits per heavy atom. The molecule has 0 amide bonds. The molecule has 0 spiro atoms. The summed E-state index contributed by atoms with van der Waals surface area (Å²) in [5.41, 5.74) is 8.47. The van der Waals surface area contributed by atoms with E-state index in [-0.39, 0.29) is 5.41 Å². The average Bonchev–Trinajstić information content (AvgIpc) is 2.68. The van der Waals surface area contributed by atoms with Crippen LogP contribution in [0.15, 0.2) is 72.8 Å². The van der Waals surface area contributed by atoms with Crippen molar-refractivity contribution in [2.24, 2.45) is 0 Å². The van der Waals surface area contributed by atoms with E-state index in [1.54, 1.807) is 0 Å². The number of halogens is 1. The third kappa shape index (κ3) is 3.58. The molecule has 2 heteroatoms. The van der Waals surface area contributed by atoms with Crippen molar-refractivity contribution in [2.75, 3.05) is 0 Å². The minimum Gasteiger partial charge on any atom is -0.247 e. The van der Waals surface area contributed by atoms with Crippen molar-refractivity contribution >= 4 is 33.5 Å². The number of hydrogen-bond acceptors (Lipinski definition) is 1. The molecule has 0 unspecified atom stereocenters. The molecule has 0 saturated carbocycles. The first-order valence-corrected chi connectivity index (χ1v) is 10.7. The van der Waals surface area contributed by atoms with Crippen molar-refractivity contribution < 1.29 is 0 Å². The van der Waals surface area contributed by atoms with E-state index in [9.17, 15) is 0 Å². The smallest absolute Gasteiger partial charge is 0.0849 e. The third-order valence-electron chi connectivity index (χ3n) is 5.18. The Kier molecular flexibility index (Phi) is 5.00. The number of nitrogens with zero attached hydrogens (tertiary/aromatic N) is 1. The van der Waals surface area contributed by atoms with Crippen molar-refractivity contribution in [1.29, 1.82) is 0 Å². The maximum absolute atomic E-state index is 5.06. The van der Waals surface area contributed by atoms with Crippen LogP contribution in [0.2, 0.25) is 0 Å². The lowest BCUT2D eigenvalue weighted by Crippen LogP contribution is -2.11. The monoisotopic (exact) mass is 477 g/mol. The van der Waals surface area contributed by atoms with Gasteiger partial charge < -0.3 is 0 Å². The fourth-order valence-electron chi connectivity index (χ4n) is 3.50. The molecule has 0 saturated heterocycles. The molecule has 3 aromatic carbocycles. The van der Waals surface area contributed by atoms with Crippen LogP contribution < -0.4 is 0 Å². The molecule has 4 rings (SSSR count). The van der Waals surface area contributed by atoms with E-state index in [2.05, 4.69) is 117 Å². The summed E-state index contributed by atoms with van der Waals surface area (Å²) in [6, 6.07) is 26.0. The molecule has 0 aliphatic rings. The van der Waals surface area contributed by atoms with Gasteiger partial charge in [-0.15, -0.1) is 0 Å². The number of pyridine rings is 1. The lowest BCUT2D eigenvalue weighted by atomic mass is 9.85. The van der Waals surface area contributed by atoms with Crippen LogP contribution in [0.25, 0.3) is 33.3 Å². The summed E-state index contributed by atoms with van der Waals surface area (Å²) in [6.07, 6.45) is 0. The highest BCUT2D eigenvalue weighted by atomic mass is 127. The summed E-state index contributed by atoms with van der Waals surface area (Å²) in [4.78, 5) is 5.06. The van der Waals surface area contributed by atoms with Crippen molar-refractivity contribution in [1.82, 2.24) is 4.98 Å². The standard InChI is InChI=1S/C26H24IN/c1-17-10-12-18(13-11-17)23-21-16-20(26(2,3)4)14-15-22(21)28-25(24(23)27)19-8-6-5-7-9-19/h5-16H,1-4H3. The quantitative estimate of drug-likeness (QED) is 0.269. The molecular formula is C26H24IN. The van der Waals surface area contributed by atoms with Gasteiger partial charge in [0.2, 0.25) is 0 Å². The molecule has 4 aromatic rings. The van der Waals surface area contributed by atoms with Crippen LogP contribution >= 0.6 is 22.6 Å². The zero-order valence-electron chi connectivity index (χ0n) is 16.8. The van der Waals surface area contributed by atoms with E-state index >= 15 is 0 Å². The van der Waals surface area contributed by atoms with Gasteiger partial charge in [0.1, 0.15) is 0 Å². The molecule has 0 aliphatic carbocycles. The molecule has 1 heterocycles. The Morgan fingerprint density at radius 1 is 0.786 bits per heavy atom. The van der Waals surface area contributed by atoms with Crippen molar-refractivity contribution in [3.05, 3.63) is 87.5 Å². The Morgan fingerprint density at radius 2 is 1.46 bits per heavy atom. The number of aromatic nitrogens is 1. The maximum atomic E-state index is 5.06. The topological polar surface area (TPSA) is 12.9 Å². The molecule has 140 valence electrons. The van der Waals surface area contributed by atoms with Gasteiger partial charge in [-0.2, -0.15) is 0 Å². The number of rotatable bonds is 2. The van der Waals surface area contributed by atoms with Crippen LogP contribution in [0.4, 0.5) is 0 Å². The molecule has 28 heavy (non-hydrogen) atoms. The van der Waals surface area contributed by atoms with E-state index in [4.69, 9.17) is 4.98 Å². The molecule has 0 atom stereocenters. The van der Waals surface area contributed by atoms with E-state index < -0.39 is 0 Å². The predicted molar refractivity (Wildman–Crippen MR) is 129 cm³/mol. The number of benzene rings is 3. The predicted octanol–water partition coefficient (Wildman–Crippen LogP) is 7.78. The van der Waals surface area contributed by atoms with Gasteiger partial charge in [0.15, 0.2) is 0 Å². The molecule has 1 aromatic heterocycles. The van der Waals surface area contributed by atoms with E-state index in [0.717, 1.165) is 16.8 Å². The Hall–Kier alpha value is -2.20. The lowest BCUT2D eigenvalue weighted by molar-refractivity contribution is 0.591. The first kappa shape index (κ1) is 19.1. The average molecular weight is 477 g/mol. The van der Waals surface area contributed by atoms with Gasteiger partial charge in [0, 0.05) is 20.1 Å². The van der Waals surface area contributed by atoms with Gasteiger partial charge in [-0.25, -0.2) is 4.98 Å². The third-order valence-corrected chi connectivity index (χ3v) is 6.23. The van der Waals surface area contributed by atoms with E-state index in [1.165, 1.54) is 31.2 Å². The second-order valence-corrected chi connectivity index (χ2v) is 9.44. The second-order valence-electron chi connectivity index (χ2n) is 8.36. The summed E-state index contributed by atoms with van der Waals surface area (Å²) >= 11 is 2.47. The van der Waals surface area contributed by atoms with Crippen LogP contribution in [0.1, 0.15) is 31.9 Å². The fraction of sp³-hybridized carbons (Fsp3) is 0.192. The van der Waals surface area contributed by atoms with Crippen LogP contribution in [0, 0.1) is 10.5 Å². The van der Waals surface area contributed by atoms with Gasteiger partial charge >= 0.3 is 0 Å². The SMILES string of the molecule is Cc1ccc(-c2c(I)c(-c3ccccc3)nc3ccc(C(C)(C)C)cc23)cc1. The van der Waals surface area contributed by atoms with Crippen molar-refractivity contribution in [2.45, 2.75) is 33.1 Å². The van der Waals surface area contributed by atoms with Crippen molar-refractivity contribution in [3.8, 4) is 22.4 Å². The number of aryl methyl sites for hydroxylation is 1. The first-order chi connectivity index (χ1) is 13.3. The summed E-state index contributed by atoms with van der Waals surface area (Å²) < 4.78 is 1.20. The highest BCUT2D eigenvalue weighted by Crippen LogP contribution is 2.39. The van der Waals surface area contributed by atoms with Crippen LogP contribution in [-0.4, -0.2) is 4.98 Å². The summed E-state index contributed by atoms with van der Waals surface area (Å²) in [5.74, 6) is 0. The molecule has 0 aliphatic heterocycles. The van der Waals surface area contributed by atoms with Gasteiger partial charge in [-0.1, -0.05) is 87.0 Å². The van der Waals surface area contributed by atoms with Crippen LogP contribution in [0.5, 0.6) is 0 Å². The summed E-state index contributed by atoms with van der Waals surface area (Å²) in [5, 5.41) is 1.22. The fourth-order valence-corrected chi connectivity index (χ4v) is 4.53. The van der Waals surface area contributed by atoms with Gasteiger partial charge in [-0.3, -0.25) is 0 Å². The normalized spacial score (nSPS) is 11.8. The largest absolute Gasteiger partial charge is 0.247 e. The van der Waals surface area contributed by atoms with Crippen LogP contribution in [-0.2, 0) is 5.41 Å². The molecule has 1 nitrogen and oxygen atoms in total. The first-order valence-electron chi connectivity index (χ1n) is 9.61. The molecule has 0 radical (unpaired) electrons. The molecule has 0 bridgehead atoms. The minimum atomic E-state index is 0.0995. The summed E-state index contributed by atoms with van der Waals surface area (Å²) in [6.45, 7) is 8.91. The minimum absolute atomic E-state index is 0.0995. The van der Waals surface area contributed by atoms with Gasteiger partial charge in [0.05, 0.1) is 11.2 Å². The lowest BCUT2D eigenvalue weighted by Gasteiger charge is -2.21. The molecular weight excluding hydrogens is 453 g/mol. The summed E-state index contributed by atoms with van der Waals surface area (Å²) in [7, 11) is 0. The Bertz CT molecular complexity index is 1140. The van der Waals surface area contributed by atoms with Gasteiger partial charge in [0.25, 0.3) is 0 Å². The Labute approximate surface area is 181 Å². The van der Waals surface area contributed by atoms with Crippen molar-refractivity contribution in [3.63, 3.8) is 0 Å². The maximum Gasteiger partial charge on any atom is 0.0849 e. The van der Waals surface area contributed by atoms with E-state index in [1.807, 2.05) is 6.07 Å². The number of hydrogen-bond donors (Lipinski definition) is 0. The highest BCUT2D eigenvalue weighted by molar-refractivity contribution is 14.1. The second kappa shape index (κ2) is 7.32. The zero-order chi connectivity index (χ0) is 19.9. The van der Waals surface area contributed by atoms with Gasteiger partial charge in [-0.05, 0) is 58.2 Å². The van der Waals surface area contributed by atoms with Crippen LogP contribution in [0.3, 0.4) is 0 Å². The Balaban J connectivity index is 2.08. The van der Waals surface area contributed by atoms with E-state index in [0.29, 0.717) is 0 Å².